The summed E-state index contributed by atoms with van der Waals surface area (Å²) in [5.74, 6) is -0.422. The predicted octanol–water partition coefficient (Wildman–Crippen LogP) is 4.86. The average Bonchev–Trinajstić information content (AvgIpc) is 2.87. The molecule has 3 aromatic carbocycles. The van der Waals surface area contributed by atoms with E-state index in [-0.39, 0.29) is 18.8 Å². The Morgan fingerprint density at radius 2 is 1.68 bits per heavy atom. The lowest BCUT2D eigenvalue weighted by atomic mass is 10.1. The normalized spacial score (nSPS) is 10.5. The van der Waals surface area contributed by atoms with Crippen LogP contribution in [-0.2, 0) is 16.1 Å². The molecule has 0 fully saturated rings. The third-order valence-corrected chi connectivity index (χ3v) is 4.74. The van der Waals surface area contributed by atoms with Crippen LogP contribution in [0.5, 0.6) is 5.75 Å². The summed E-state index contributed by atoms with van der Waals surface area (Å²) in [6, 6.07) is 24.3. The zero-order valence-corrected chi connectivity index (χ0v) is 18.4. The number of amides is 1. The molecule has 7 heteroatoms. The maximum atomic E-state index is 12.5. The first-order chi connectivity index (χ1) is 16.5. The molecule has 0 bridgehead atoms. The van der Waals surface area contributed by atoms with Crippen LogP contribution in [0.1, 0.15) is 34.0 Å². The quantitative estimate of drug-likeness (QED) is 0.297. The van der Waals surface area contributed by atoms with E-state index in [1.165, 1.54) is 18.2 Å². The van der Waals surface area contributed by atoms with Gasteiger partial charge < -0.3 is 14.8 Å². The van der Waals surface area contributed by atoms with Crippen LogP contribution < -0.4 is 10.1 Å². The van der Waals surface area contributed by atoms with Gasteiger partial charge >= 0.3 is 5.97 Å². The van der Waals surface area contributed by atoms with Crippen molar-refractivity contribution in [2.45, 2.75) is 13.5 Å². The lowest BCUT2D eigenvalue weighted by Crippen LogP contribution is -2.13. The van der Waals surface area contributed by atoms with Gasteiger partial charge in [-0.15, -0.1) is 0 Å². The number of benzene rings is 3. The zero-order chi connectivity index (χ0) is 24.3. The van der Waals surface area contributed by atoms with Gasteiger partial charge in [0.05, 0.1) is 23.8 Å². The maximum absolute atomic E-state index is 12.5. The van der Waals surface area contributed by atoms with Gasteiger partial charge in [0, 0.05) is 11.3 Å². The van der Waals surface area contributed by atoms with Crippen LogP contribution in [0.25, 0.3) is 6.08 Å². The molecule has 1 N–H and O–H groups in total. The van der Waals surface area contributed by atoms with E-state index < -0.39 is 11.9 Å². The summed E-state index contributed by atoms with van der Waals surface area (Å²) in [5.41, 5.74) is 2.73. The van der Waals surface area contributed by atoms with Crippen LogP contribution in [-0.4, -0.2) is 18.5 Å². The second kappa shape index (κ2) is 11.7. The van der Waals surface area contributed by atoms with Crippen molar-refractivity contribution in [2.24, 2.45) is 0 Å². The molecule has 0 aliphatic heterocycles. The minimum atomic E-state index is -0.570. The number of carbonyl (C=O) groups is 2. The highest BCUT2D eigenvalue weighted by molar-refractivity contribution is 6.09. The van der Waals surface area contributed by atoms with Crippen LogP contribution in [0.15, 0.2) is 78.4 Å². The second-order valence-corrected chi connectivity index (χ2v) is 7.05. The van der Waals surface area contributed by atoms with Crippen molar-refractivity contribution in [1.29, 1.82) is 10.5 Å². The number of ether oxygens (including phenoxy) is 2. The van der Waals surface area contributed by atoms with Crippen molar-refractivity contribution in [3.63, 3.8) is 0 Å². The number of esters is 1. The number of nitriles is 2. The third kappa shape index (κ3) is 6.32. The summed E-state index contributed by atoms with van der Waals surface area (Å²) in [4.78, 5) is 24.2. The van der Waals surface area contributed by atoms with Gasteiger partial charge in [-0.3, -0.25) is 4.79 Å². The highest BCUT2D eigenvalue weighted by Gasteiger charge is 2.11. The van der Waals surface area contributed by atoms with Gasteiger partial charge in [0.15, 0.2) is 0 Å². The lowest BCUT2D eigenvalue weighted by Gasteiger charge is -2.08. The number of nitrogens with zero attached hydrogens (tertiary/aromatic N) is 2. The summed E-state index contributed by atoms with van der Waals surface area (Å²) in [6.45, 7) is 2.24. The van der Waals surface area contributed by atoms with E-state index in [2.05, 4.69) is 11.4 Å². The van der Waals surface area contributed by atoms with E-state index >= 15 is 0 Å². The molecule has 1 amide bonds. The molecule has 0 heterocycles. The number of anilines is 1. The number of nitrogens with one attached hydrogen (secondary N) is 1. The molecule has 3 rings (SSSR count). The van der Waals surface area contributed by atoms with Crippen molar-refractivity contribution < 1.29 is 19.1 Å². The smallest absolute Gasteiger partial charge is 0.338 e. The topological polar surface area (TPSA) is 112 Å². The molecule has 0 spiro atoms. The number of rotatable bonds is 8. The number of hydrogen-bond acceptors (Lipinski definition) is 6. The molecule has 34 heavy (non-hydrogen) atoms. The molecular formula is C27H21N3O4. The molecular weight excluding hydrogens is 430 g/mol. The monoisotopic (exact) mass is 451 g/mol. The summed E-state index contributed by atoms with van der Waals surface area (Å²) in [6.07, 6.45) is 1.47. The zero-order valence-electron chi connectivity index (χ0n) is 18.4. The van der Waals surface area contributed by atoms with Crippen LogP contribution >= 0.6 is 0 Å². The van der Waals surface area contributed by atoms with Gasteiger partial charge in [-0.25, -0.2) is 4.79 Å². The Bertz CT molecular complexity index is 1280. The van der Waals surface area contributed by atoms with Crippen molar-refractivity contribution in [2.75, 3.05) is 11.9 Å². The Balaban J connectivity index is 1.63. The van der Waals surface area contributed by atoms with Crippen LogP contribution in [0.4, 0.5) is 5.69 Å². The molecule has 0 saturated carbocycles. The highest BCUT2D eigenvalue weighted by atomic mass is 16.5. The molecule has 0 aromatic heterocycles. The summed E-state index contributed by atoms with van der Waals surface area (Å²) < 4.78 is 10.7. The van der Waals surface area contributed by atoms with E-state index in [0.29, 0.717) is 28.1 Å². The lowest BCUT2D eigenvalue weighted by molar-refractivity contribution is -0.112. The van der Waals surface area contributed by atoms with E-state index in [9.17, 15) is 14.9 Å². The SMILES string of the molecule is CCOC(=O)c1ccc(NC(=O)/C(C#N)=C/c2ccc(OCc3ccccc3C#N)cc2)cc1. The molecule has 168 valence electrons. The van der Waals surface area contributed by atoms with Crippen LogP contribution in [0.2, 0.25) is 0 Å². The Labute approximate surface area is 197 Å². The fraction of sp³-hybridized carbons (Fsp3) is 0.111. The second-order valence-electron chi connectivity index (χ2n) is 7.05. The van der Waals surface area contributed by atoms with Crippen molar-refractivity contribution in [3.05, 3.63) is 101 Å². The molecule has 0 atom stereocenters. The van der Waals surface area contributed by atoms with Crippen molar-refractivity contribution >= 4 is 23.6 Å². The number of hydrogen-bond donors (Lipinski definition) is 1. The highest BCUT2D eigenvalue weighted by Crippen LogP contribution is 2.18. The Morgan fingerprint density at radius 1 is 0.971 bits per heavy atom. The van der Waals surface area contributed by atoms with E-state index in [4.69, 9.17) is 14.7 Å². The third-order valence-electron chi connectivity index (χ3n) is 4.74. The Morgan fingerprint density at radius 3 is 2.32 bits per heavy atom. The van der Waals surface area contributed by atoms with Gasteiger partial charge in [-0.2, -0.15) is 10.5 Å². The molecule has 0 aliphatic carbocycles. The first-order valence-corrected chi connectivity index (χ1v) is 10.4. The Kier molecular flexibility index (Phi) is 8.15. The first kappa shape index (κ1) is 23.8. The maximum Gasteiger partial charge on any atom is 0.338 e. The van der Waals surface area contributed by atoms with Crippen LogP contribution in [0.3, 0.4) is 0 Å². The number of carbonyl (C=O) groups excluding carboxylic acids is 2. The van der Waals surface area contributed by atoms with Gasteiger partial charge in [0.25, 0.3) is 5.91 Å². The van der Waals surface area contributed by atoms with Crippen LogP contribution in [0, 0.1) is 22.7 Å². The van der Waals surface area contributed by atoms with Crippen molar-refractivity contribution in [3.8, 4) is 17.9 Å². The van der Waals surface area contributed by atoms with Gasteiger partial charge in [-0.1, -0.05) is 30.3 Å². The Hall–Kier alpha value is -4.88. The summed E-state index contributed by atoms with van der Waals surface area (Å²) in [7, 11) is 0. The van der Waals surface area contributed by atoms with Gasteiger partial charge in [0.1, 0.15) is 24.0 Å². The van der Waals surface area contributed by atoms with Crippen molar-refractivity contribution in [1.82, 2.24) is 0 Å². The summed E-state index contributed by atoms with van der Waals surface area (Å²) >= 11 is 0. The standard InChI is InChI=1S/C27H21N3O4/c1-2-33-27(32)20-9-11-24(12-10-20)30-26(31)23(17-29)15-19-7-13-25(14-8-19)34-18-22-6-4-3-5-21(22)16-28/h3-15H,2,18H2,1H3,(H,30,31)/b23-15+. The molecule has 0 saturated heterocycles. The van der Waals surface area contributed by atoms with Gasteiger partial charge in [-0.05, 0) is 61.0 Å². The fourth-order valence-corrected chi connectivity index (χ4v) is 2.99. The summed E-state index contributed by atoms with van der Waals surface area (Å²) in [5, 5.41) is 21.2. The largest absolute Gasteiger partial charge is 0.489 e. The first-order valence-electron chi connectivity index (χ1n) is 10.4. The molecule has 0 aliphatic rings. The van der Waals surface area contributed by atoms with E-state index in [1.807, 2.05) is 18.2 Å². The van der Waals surface area contributed by atoms with E-state index in [0.717, 1.165) is 5.56 Å². The van der Waals surface area contributed by atoms with E-state index in [1.54, 1.807) is 55.5 Å². The fourth-order valence-electron chi connectivity index (χ4n) is 2.99. The molecule has 3 aromatic rings. The minimum absolute atomic E-state index is 0.0777. The predicted molar refractivity (Wildman–Crippen MR) is 127 cm³/mol. The molecule has 0 radical (unpaired) electrons. The average molecular weight is 451 g/mol. The minimum Gasteiger partial charge on any atom is -0.489 e. The molecule has 7 nitrogen and oxygen atoms in total. The van der Waals surface area contributed by atoms with Gasteiger partial charge in [0.2, 0.25) is 0 Å². The molecule has 0 unspecified atom stereocenters.